The fourth-order valence-corrected chi connectivity index (χ4v) is 2.03. The molecule has 0 aliphatic carbocycles. The van der Waals surface area contributed by atoms with E-state index in [1.54, 1.807) is 48.7 Å². The first-order valence-corrected chi connectivity index (χ1v) is 7.74. The van der Waals surface area contributed by atoms with Gasteiger partial charge >= 0.3 is 0 Å². The van der Waals surface area contributed by atoms with Crippen LogP contribution in [0.5, 0.6) is 17.2 Å². The number of hydrogen-bond acceptors (Lipinski definition) is 5. The molecular formula is C17H15O4ReRfS-. The summed E-state index contributed by atoms with van der Waals surface area (Å²) in [6.45, 7) is 0. The Bertz CT molecular complexity index is 669. The Kier molecular flexibility index (Phi) is 8.81. The molecule has 4 nitrogen and oxygen atoms in total. The smallest absolute Gasteiger partial charge is 0.184 e. The van der Waals surface area contributed by atoms with Crippen LogP contribution in [0.1, 0.15) is 11.1 Å². The van der Waals surface area contributed by atoms with Gasteiger partial charge in [0.05, 0.1) is 0 Å². The molecule has 2 rings (SSSR count). The second-order valence-electron chi connectivity index (χ2n) is 4.46. The Hall–Kier alpha value is -2.87. The van der Waals surface area contributed by atoms with Gasteiger partial charge in [0.1, 0.15) is 17.2 Å². The summed E-state index contributed by atoms with van der Waals surface area (Å²) in [5, 5.41) is 18.8. The number of esters is 1. The molecule has 123 valence electrons. The van der Waals surface area contributed by atoms with Crippen LogP contribution in [0.2, 0.25) is 0 Å². The second kappa shape index (κ2) is 10.0. The maximum Gasteiger partial charge on any atom is 0.184 e. The van der Waals surface area contributed by atoms with E-state index in [1.807, 2.05) is 6.08 Å². The van der Waals surface area contributed by atoms with Crippen molar-refractivity contribution in [2.75, 3.05) is 6.26 Å². The maximum atomic E-state index is 11.3. The van der Waals surface area contributed by atoms with E-state index in [2.05, 4.69) is 0 Å². The van der Waals surface area contributed by atoms with Gasteiger partial charge in [0.25, 0.3) is 0 Å². The van der Waals surface area contributed by atoms with Crippen LogP contribution in [0.25, 0.3) is 12.2 Å². The summed E-state index contributed by atoms with van der Waals surface area (Å²) in [7, 11) is 0. The summed E-state index contributed by atoms with van der Waals surface area (Å²) >= 11 is 1.29. The maximum absolute atomic E-state index is 11.3. The molecule has 0 spiro atoms. The van der Waals surface area contributed by atoms with Gasteiger partial charge in [-0.05, 0) is 41.6 Å². The van der Waals surface area contributed by atoms with E-state index < -0.39 is 5.97 Å². The molecule has 1 radical (unpaired) electrons. The van der Waals surface area contributed by atoms with E-state index in [0.717, 1.165) is 5.56 Å². The quantitative estimate of drug-likeness (QED) is 0.211. The molecule has 2 N–H and O–H groups in total. The van der Waals surface area contributed by atoms with Gasteiger partial charge in [-0.15, -0.1) is 0 Å². The van der Waals surface area contributed by atoms with Gasteiger partial charge in [-0.2, -0.15) is 0 Å². The first kappa shape index (κ1) is 21.1. The molecule has 0 aliphatic heterocycles. The molecule has 7 heteroatoms. The Balaban J connectivity index is 0.00000264. The minimum atomic E-state index is -0.397. The molecule has 0 amide bonds. The largest absolute Gasteiger partial charge is 0.508 e. The van der Waals surface area contributed by atoms with Crippen LogP contribution in [0.3, 0.4) is 0 Å². The Labute approximate surface area is 152 Å². The zero-order chi connectivity index (χ0) is 15.9. The van der Waals surface area contributed by atoms with Crippen LogP contribution < -0.4 is 4.74 Å². The van der Waals surface area contributed by atoms with E-state index in [4.69, 9.17) is 4.74 Å². The van der Waals surface area contributed by atoms with Crippen molar-refractivity contribution in [3.8, 4) is 17.2 Å². The van der Waals surface area contributed by atoms with E-state index in [0.29, 0.717) is 11.3 Å². The molecule has 0 unspecified atom stereocenters. The standard InChI is InChI=1S/C17H15O4S.Re.Rf/c1-22-11-17(20)21-16-6-4-12(5-7-16)2-3-13-8-14(18)10-15(19)9-13;;/h2-11,18-19H,1H3;;/q-1;;/b3-2+;;. The number of benzene rings is 2. The van der Waals surface area contributed by atoms with Crippen molar-refractivity contribution in [3.63, 3.8) is 0 Å². The predicted octanol–water partition coefficient (Wildman–Crippen LogP) is 3.70. The number of aromatic hydroxyl groups is 2. The molecule has 0 atom stereocenters. The molecule has 0 bridgehead atoms. The van der Waals surface area contributed by atoms with E-state index in [-0.39, 0.29) is 31.9 Å². The van der Waals surface area contributed by atoms with Gasteiger partial charge < -0.3 is 26.7 Å². The van der Waals surface area contributed by atoms with Crippen molar-refractivity contribution in [1.82, 2.24) is 0 Å². The number of carbonyl (C=O) groups excluding carboxylic acids is 1. The third-order valence-electron chi connectivity index (χ3n) is 2.71. The first-order chi connectivity index (χ1) is 10.6. The first-order valence-electron chi connectivity index (χ1n) is 6.46. The van der Waals surface area contributed by atoms with Crippen LogP contribution in [-0.2, 0) is 25.2 Å². The summed E-state index contributed by atoms with van der Waals surface area (Å²) in [5.74, 6) is 1.48. The predicted molar refractivity (Wildman–Crippen MR) is 88.6 cm³/mol. The van der Waals surface area contributed by atoms with Crippen LogP contribution in [0, 0.1) is 5.75 Å². The molecule has 0 saturated heterocycles. The van der Waals surface area contributed by atoms with Crippen molar-refractivity contribution in [1.29, 1.82) is 0 Å². The number of hydrogen-bond donors (Lipinski definition) is 2. The number of rotatable bonds is 5. The number of phenolic OH excluding ortho intramolecular Hbond substituents is 2. The number of phenols is 2. The van der Waals surface area contributed by atoms with Gasteiger partial charge in [0, 0.05) is 26.5 Å². The minimum absolute atomic E-state index is 0. The molecule has 2 aromatic carbocycles. The number of ether oxygens (including phenoxy) is 1. The molecular weight excluding hydrogens is 753 g/mol. The second-order valence-corrected chi connectivity index (χ2v) is 5.17. The monoisotopic (exact) mass is 769 g/mol. The molecule has 0 aliphatic rings. The van der Waals surface area contributed by atoms with Crippen molar-refractivity contribution in [2.45, 2.75) is 0 Å². The average Bonchev–Trinajstić information content (AvgIpc) is 2.46. The van der Waals surface area contributed by atoms with Crippen molar-refractivity contribution < 1.29 is 40.2 Å². The number of carbonyl (C=O) groups is 1. The minimum Gasteiger partial charge on any atom is -0.508 e. The van der Waals surface area contributed by atoms with E-state index >= 15 is 0 Å². The van der Waals surface area contributed by atoms with Crippen LogP contribution in [0.4, 0.5) is 0 Å². The fraction of sp³-hybridized carbons (Fsp3) is 0.0588. The normalized spacial score (nSPS) is 9.71. The average molecular weight is 769 g/mol. The fourth-order valence-electron chi connectivity index (χ4n) is 1.79. The van der Waals surface area contributed by atoms with Gasteiger partial charge in [0.15, 0.2) is 5.97 Å². The summed E-state index contributed by atoms with van der Waals surface area (Å²) < 4.78 is 5.10. The van der Waals surface area contributed by atoms with E-state index in [9.17, 15) is 15.0 Å². The van der Waals surface area contributed by atoms with Gasteiger partial charge in [-0.25, -0.2) is 5.75 Å². The van der Waals surface area contributed by atoms with E-state index in [1.165, 1.54) is 23.6 Å². The topological polar surface area (TPSA) is 66.8 Å². The SMILES string of the molecule is CS[CH-]C(=O)Oc1ccc(/C=C/c2cc(O)cc(O)c2)cc1.[Re].[Rf]. The van der Waals surface area contributed by atoms with Crippen LogP contribution in [0.15, 0.2) is 42.5 Å². The summed E-state index contributed by atoms with van der Waals surface area (Å²) in [4.78, 5) is 11.3. The third kappa shape index (κ3) is 6.49. The molecule has 0 fully saturated rings. The Morgan fingerprint density at radius 3 is 2.12 bits per heavy atom. The third-order valence-corrected chi connectivity index (χ3v) is 3.13. The van der Waals surface area contributed by atoms with Gasteiger partial charge in [0.2, 0.25) is 0 Å². The van der Waals surface area contributed by atoms with Crippen molar-refractivity contribution >= 4 is 29.9 Å². The zero-order valence-electron chi connectivity index (χ0n) is 13.0. The van der Waals surface area contributed by atoms with Crippen LogP contribution >= 0.6 is 11.8 Å². The summed E-state index contributed by atoms with van der Waals surface area (Å²) in [5.41, 5.74) is 1.58. The summed E-state index contributed by atoms with van der Waals surface area (Å²) in [6.07, 6.45) is 5.38. The van der Waals surface area contributed by atoms with Crippen molar-refractivity contribution in [3.05, 3.63) is 59.3 Å². The zero-order valence-corrected chi connectivity index (χ0v) is 22.9. The Morgan fingerprint density at radius 2 is 1.58 bits per heavy atom. The molecule has 24 heavy (non-hydrogen) atoms. The van der Waals surface area contributed by atoms with Gasteiger partial charge in [-0.3, -0.25) is 4.79 Å². The summed E-state index contributed by atoms with van der Waals surface area (Å²) in [6, 6.07) is 11.4. The van der Waals surface area contributed by atoms with Crippen molar-refractivity contribution in [2.24, 2.45) is 0 Å². The molecule has 0 saturated carbocycles. The van der Waals surface area contributed by atoms with Crippen LogP contribution in [-0.4, -0.2) is 22.4 Å². The number of thioether (sulfide) groups is 1. The van der Waals surface area contributed by atoms with Gasteiger partial charge in [-0.1, -0.05) is 24.3 Å². The molecule has 2 aromatic rings. The molecule has 0 heterocycles. The molecule has 0 aromatic heterocycles. The Morgan fingerprint density at radius 1 is 1.04 bits per heavy atom.